The predicted molar refractivity (Wildman–Crippen MR) is 64.8 cm³/mol. The average molecular weight is 253 g/mol. The molecule has 1 saturated carbocycles. The lowest BCUT2D eigenvalue weighted by atomic mass is 9.91. The molecule has 7 nitrogen and oxygen atoms in total. The van der Waals surface area contributed by atoms with Crippen LogP contribution in [0.15, 0.2) is 6.20 Å². The second-order valence-corrected chi connectivity index (χ2v) is 4.46. The van der Waals surface area contributed by atoms with Crippen molar-refractivity contribution in [2.45, 2.75) is 31.8 Å². The van der Waals surface area contributed by atoms with Crippen molar-refractivity contribution < 1.29 is 9.90 Å². The second-order valence-electron chi connectivity index (χ2n) is 4.46. The number of hydrogen-bond acceptors (Lipinski definition) is 5. The van der Waals surface area contributed by atoms with Gasteiger partial charge in [0.15, 0.2) is 5.69 Å². The van der Waals surface area contributed by atoms with Crippen LogP contribution in [0.2, 0.25) is 0 Å². The summed E-state index contributed by atoms with van der Waals surface area (Å²) in [5.74, 6) is -0.156. The highest BCUT2D eigenvalue weighted by Gasteiger charge is 2.30. The van der Waals surface area contributed by atoms with Gasteiger partial charge in [0.1, 0.15) is 0 Å². The van der Waals surface area contributed by atoms with Crippen LogP contribution in [-0.4, -0.2) is 56.6 Å². The summed E-state index contributed by atoms with van der Waals surface area (Å²) in [6.45, 7) is 1.33. The molecule has 3 N–H and O–H groups in total. The molecule has 1 aliphatic carbocycles. The van der Waals surface area contributed by atoms with Crippen LogP contribution in [0.4, 0.5) is 0 Å². The van der Waals surface area contributed by atoms with E-state index in [9.17, 15) is 4.79 Å². The second kappa shape index (κ2) is 5.92. The molecule has 1 aromatic rings. The van der Waals surface area contributed by atoms with Gasteiger partial charge in [0.05, 0.1) is 19.3 Å². The van der Waals surface area contributed by atoms with E-state index in [4.69, 9.17) is 10.8 Å². The Morgan fingerprint density at radius 3 is 2.94 bits per heavy atom. The summed E-state index contributed by atoms with van der Waals surface area (Å²) in [4.78, 5) is 13.9. The summed E-state index contributed by atoms with van der Waals surface area (Å²) in [5.41, 5.74) is 5.74. The van der Waals surface area contributed by atoms with Gasteiger partial charge in [0, 0.05) is 19.1 Å². The van der Waals surface area contributed by atoms with Crippen molar-refractivity contribution in [2.75, 3.05) is 19.7 Å². The summed E-state index contributed by atoms with van der Waals surface area (Å²) < 4.78 is 1.56. The molecule has 18 heavy (non-hydrogen) atoms. The number of aromatic nitrogens is 3. The van der Waals surface area contributed by atoms with Crippen LogP contribution in [0, 0.1) is 0 Å². The molecule has 0 bridgehead atoms. The van der Waals surface area contributed by atoms with E-state index in [2.05, 4.69) is 10.3 Å². The molecule has 0 atom stereocenters. The van der Waals surface area contributed by atoms with Crippen molar-refractivity contribution in [3.63, 3.8) is 0 Å². The molecular formula is C11H19N5O2. The van der Waals surface area contributed by atoms with Gasteiger partial charge in [-0.3, -0.25) is 9.48 Å². The van der Waals surface area contributed by atoms with Crippen molar-refractivity contribution in [2.24, 2.45) is 5.73 Å². The predicted octanol–water partition coefficient (Wildman–Crippen LogP) is -0.776. The highest BCUT2D eigenvalue weighted by atomic mass is 16.3. The van der Waals surface area contributed by atoms with Gasteiger partial charge in [0.2, 0.25) is 0 Å². The third kappa shape index (κ3) is 2.68. The number of amides is 1. The zero-order chi connectivity index (χ0) is 13.0. The van der Waals surface area contributed by atoms with Gasteiger partial charge >= 0.3 is 0 Å². The quantitative estimate of drug-likeness (QED) is 0.693. The number of carbonyl (C=O) groups excluding carboxylic acids is 1. The van der Waals surface area contributed by atoms with E-state index in [1.165, 1.54) is 0 Å². The van der Waals surface area contributed by atoms with Crippen molar-refractivity contribution in [3.8, 4) is 0 Å². The van der Waals surface area contributed by atoms with Crippen molar-refractivity contribution >= 4 is 5.91 Å². The third-order valence-corrected chi connectivity index (χ3v) is 3.23. The van der Waals surface area contributed by atoms with E-state index in [1.54, 1.807) is 15.8 Å². The fraction of sp³-hybridized carbons (Fsp3) is 0.727. The van der Waals surface area contributed by atoms with E-state index < -0.39 is 0 Å². The maximum atomic E-state index is 12.3. The topological polar surface area (TPSA) is 97.3 Å². The van der Waals surface area contributed by atoms with Gasteiger partial charge in [-0.25, -0.2) is 0 Å². The lowest BCUT2D eigenvalue weighted by Gasteiger charge is -2.36. The maximum Gasteiger partial charge on any atom is 0.276 e. The Hall–Kier alpha value is -1.47. The Labute approximate surface area is 106 Å². The van der Waals surface area contributed by atoms with Crippen molar-refractivity contribution in [1.29, 1.82) is 0 Å². The molecule has 0 spiro atoms. The highest BCUT2D eigenvalue weighted by Crippen LogP contribution is 2.25. The maximum absolute atomic E-state index is 12.3. The van der Waals surface area contributed by atoms with E-state index >= 15 is 0 Å². The van der Waals surface area contributed by atoms with Crippen molar-refractivity contribution in [3.05, 3.63) is 11.9 Å². The molecule has 0 aromatic carbocycles. The Balaban J connectivity index is 2.06. The Kier molecular flexibility index (Phi) is 4.27. The van der Waals surface area contributed by atoms with Gasteiger partial charge in [-0.1, -0.05) is 5.21 Å². The first-order valence-corrected chi connectivity index (χ1v) is 6.28. The summed E-state index contributed by atoms with van der Waals surface area (Å²) in [5, 5.41) is 16.8. The van der Waals surface area contributed by atoms with Crippen LogP contribution >= 0.6 is 0 Å². The molecule has 1 aromatic heterocycles. The van der Waals surface area contributed by atoms with Crippen LogP contribution in [-0.2, 0) is 6.54 Å². The molecule has 0 saturated heterocycles. The van der Waals surface area contributed by atoms with E-state index in [0.29, 0.717) is 25.3 Å². The molecule has 0 aliphatic heterocycles. The molecule has 0 radical (unpaired) electrons. The Morgan fingerprint density at radius 1 is 1.61 bits per heavy atom. The minimum Gasteiger partial charge on any atom is -0.395 e. The lowest BCUT2D eigenvalue weighted by molar-refractivity contribution is 0.0520. The van der Waals surface area contributed by atoms with Crippen LogP contribution in [0.3, 0.4) is 0 Å². The molecule has 1 heterocycles. The number of carbonyl (C=O) groups is 1. The minimum absolute atomic E-state index is 0.0286. The first kappa shape index (κ1) is 13.0. The standard InChI is InChI=1S/C11H19N5O2/c12-4-5-15-8-10(13-14-15)11(18)16(6-7-17)9-2-1-3-9/h8-9,17H,1-7,12H2. The smallest absolute Gasteiger partial charge is 0.276 e. The van der Waals surface area contributed by atoms with E-state index in [0.717, 1.165) is 19.3 Å². The van der Waals surface area contributed by atoms with Crippen LogP contribution in [0.25, 0.3) is 0 Å². The zero-order valence-electron chi connectivity index (χ0n) is 10.3. The molecule has 1 aliphatic rings. The number of hydrogen-bond donors (Lipinski definition) is 2. The molecule has 1 fully saturated rings. The molecule has 2 rings (SSSR count). The summed E-state index contributed by atoms with van der Waals surface area (Å²) >= 11 is 0. The first-order chi connectivity index (χ1) is 8.76. The summed E-state index contributed by atoms with van der Waals surface area (Å²) in [6, 6.07) is 0.240. The fourth-order valence-electron chi connectivity index (χ4n) is 2.04. The molecule has 7 heteroatoms. The number of nitrogens with zero attached hydrogens (tertiary/aromatic N) is 4. The van der Waals surface area contributed by atoms with Gasteiger partial charge < -0.3 is 15.7 Å². The van der Waals surface area contributed by atoms with Crippen LogP contribution in [0.5, 0.6) is 0 Å². The molecular weight excluding hydrogens is 234 g/mol. The van der Waals surface area contributed by atoms with E-state index in [-0.39, 0.29) is 18.6 Å². The number of aliphatic hydroxyl groups excluding tert-OH is 1. The largest absolute Gasteiger partial charge is 0.395 e. The lowest BCUT2D eigenvalue weighted by Crippen LogP contribution is -2.45. The first-order valence-electron chi connectivity index (χ1n) is 6.28. The third-order valence-electron chi connectivity index (χ3n) is 3.23. The Morgan fingerprint density at radius 2 is 2.39 bits per heavy atom. The van der Waals surface area contributed by atoms with Gasteiger partial charge in [-0.2, -0.15) is 0 Å². The summed E-state index contributed by atoms with van der Waals surface area (Å²) in [7, 11) is 0. The van der Waals surface area contributed by atoms with Crippen molar-refractivity contribution in [1.82, 2.24) is 19.9 Å². The monoisotopic (exact) mass is 253 g/mol. The number of aliphatic hydroxyl groups is 1. The van der Waals surface area contributed by atoms with Gasteiger partial charge in [-0.05, 0) is 19.3 Å². The number of nitrogens with two attached hydrogens (primary N) is 1. The zero-order valence-corrected chi connectivity index (χ0v) is 10.3. The average Bonchev–Trinajstić information content (AvgIpc) is 2.74. The minimum atomic E-state index is -0.156. The SMILES string of the molecule is NCCn1cc(C(=O)N(CCO)C2CCC2)nn1. The van der Waals surface area contributed by atoms with Gasteiger partial charge in [-0.15, -0.1) is 5.10 Å². The molecule has 1 amide bonds. The molecule has 0 unspecified atom stereocenters. The Bertz CT molecular complexity index is 402. The highest BCUT2D eigenvalue weighted by molar-refractivity contribution is 5.92. The van der Waals surface area contributed by atoms with Gasteiger partial charge in [0.25, 0.3) is 5.91 Å². The normalized spacial score (nSPS) is 15.4. The van der Waals surface area contributed by atoms with E-state index in [1.807, 2.05) is 0 Å². The van der Waals surface area contributed by atoms with Crippen LogP contribution in [0.1, 0.15) is 29.8 Å². The number of rotatable bonds is 6. The molecule has 100 valence electrons. The summed E-state index contributed by atoms with van der Waals surface area (Å²) in [6.07, 6.45) is 4.75. The van der Waals surface area contributed by atoms with Crippen LogP contribution < -0.4 is 5.73 Å². The fourth-order valence-corrected chi connectivity index (χ4v) is 2.04.